The van der Waals surface area contributed by atoms with E-state index in [1.54, 1.807) is 18.2 Å². The fourth-order valence-corrected chi connectivity index (χ4v) is 2.86. The van der Waals surface area contributed by atoms with Crippen LogP contribution in [0.2, 0.25) is 0 Å². The quantitative estimate of drug-likeness (QED) is 0.807. The zero-order chi connectivity index (χ0) is 16.8. The topological polar surface area (TPSA) is 23.6 Å². The van der Waals surface area contributed by atoms with Crippen molar-refractivity contribution in [3.63, 3.8) is 0 Å². The molecule has 124 valence electrons. The Balaban J connectivity index is 1.49. The Kier molecular flexibility index (Phi) is 5.39. The number of piperazine rings is 1. The van der Waals surface area contributed by atoms with Crippen LogP contribution in [0.15, 0.2) is 60.7 Å². The smallest absolute Gasteiger partial charge is 0.246 e. The standard InChI is InChI=1S/C20H21FN2O/c21-19-8-4-7-18(15-19)16-22-11-13-23(14-12-22)20(24)10-9-17-5-2-1-3-6-17/h1-10,15H,11-14,16H2. The van der Waals surface area contributed by atoms with Gasteiger partial charge in [-0.3, -0.25) is 9.69 Å². The van der Waals surface area contributed by atoms with Gasteiger partial charge >= 0.3 is 0 Å². The number of benzene rings is 2. The van der Waals surface area contributed by atoms with Gasteiger partial charge < -0.3 is 4.90 Å². The Morgan fingerprint density at radius 3 is 2.46 bits per heavy atom. The van der Waals surface area contributed by atoms with Crippen LogP contribution in [0.5, 0.6) is 0 Å². The largest absolute Gasteiger partial charge is 0.337 e. The summed E-state index contributed by atoms with van der Waals surface area (Å²) in [7, 11) is 0. The van der Waals surface area contributed by atoms with Crippen LogP contribution in [0.25, 0.3) is 6.08 Å². The molecule has 0 radical (unpaired) electrons. The molecule has 1 saturated heterocycles. The van der Waals surface area contributed by atoms with Gasteiger partial charge in [-0.2, -0.15) is 0 Å². The maximum absolute atomic E-state index is 13.2. The summed E-state index contributed by atoms with van der Waals surface area (Å²) in [5, 5.41) is 0. The van der Waals surface area contributed by atoms with Gasteiger partial charge in [-0.25, -0.2) is 4.39 Å². The van der Waals surface area contributed by atoms with Crippen molar-refractivity contribution < 1.29 is 9.18 Å². The Bertz CT molecular complexity index is 707. The van der Waals surface area contributed by atoms with Gasteiger partial charge in [-0.05, 0) is 29.3 Å². The van der Waals surface area contributed by atoms with Gasteiger partial charge in [-0.15, -0.1) is 0 Å². The van der Waals surface area contributed by atoms with E-state index in [1.807, 2.05) is 47.4 Å². The molecule has 2 aromatic rings. The van der Waals surface area contributed by atoms with E-state index in [2.05, 4.69) is 4.90 Å². The van der Waals surface area contributed by atoms with Gasteiger partial charge in [0.15, 0.2) is 0 Å². The number of amides is 1. The van der Waals surface area contributed by atoms with E-state index in [0.29, 0.717) is 13.1 Å². The zero-order valence-electron chi connectivity index (χ0n) is 13.6. The second-order valence-electron chi connectivity index (χ2n) is 5.98. The highest BCUT2D eigenvalue weighted by Crippen LogP contribution is 2.11. The molecule has 0 bridgehead atoms. The van der Waals surface area contributed by atoms with Crippen LogP contribution in [0.3, 0.4) is 0 Å². The average Bonchev–Trinajstić information content (AvgIpc) is 2.61. The van der Waals surface area contributed by atoms with Crippen LogP contribution < -0.4 is 0 Å². The Morgan fingerprint density at radius 1 is 1.00 bits per heavy atom. The normalized spacial score (nSPS) is 15.8. The number of halogens is 1. The van der Waals surface area contributed by atoms with Crippen molar-refractivity contribution in [3.8, 4) is 0 Å². The summed E-state index contributed by atoms with van der Waals surface area (Å²) in [5.74, 6) is -0.156. The third-order valence-electron chi connectivity index (χ3n) is 4.20. The van der Waals surface area contributed by atoms with E-state index in [9.17, 15) is 9.18 Å². The second kappa shape index (κ2) is 7.88. The third kappa shape index (κ3) is 4.52. The van der Waals surface area contributed by atoms with Crippen LogP contribution in [-0.2, 0) is 11.3 Å². The van der Waals surface area contributed by atoms with Crippen molar-refractivity contribution in [1.29, 1.82) is 0 Å². The van der Waals surface area contributed by atoms with Gasteiger partial charge in [-0.1, -0.05) is 42.5 Å². The van der Waals surface area contributed by atoms with Crippen molar-refractivity contribution in [3.05, 3.63) is 77.6 Å². The fourth-order valence-electron chi connectivity index (χ4n) is 2.86. The van der Waals surface area contributed by atoms with E-state index < -0.39 is 0 Å². The summed E-state index contributed by atoms with van der Waals surface area (Å²) in [6.07, 6.45) is 3.49. The molecule has 1 amide bonds. The van der Waals surface area contributed by atoms with E-state index in [1.165, 1.54) is 6.07 Å². The van der Waals surface area contributed by atoms with Gasteiger partial charge in [0.2, 0.25) is 5.91 Å². The first-order valence-corrected chi connectivity index (χ1v) is 8.19. The minimum Gasteiger partial charge on any atom is -0.337 e. The Labute approximate surface area is 142 Å². The molecular weight excluding hydrogens is 303 g/mol. The van der Waals surface area contributed by atoms with Gasteiger partial charge in [0, 0.05) is 38.8 Å². The molecule has 24 heavy (non-hydrogen) atoms. The molecular formula is C20H21FN2O. The van der Waals surface area contributed by atoms with Gasteiger partial charge in [0.25, 0.3) is 0 Å². The highest BCUT2D eigenvalue weighted by Gasteiger charge is 2.19. The molecule has 1 aliphatic rings. The number of carbonyl (C=O) groups is 1. The van der Waals surface area contributed by atoms with E-state index in [4.69, 9.17) is 0 Å². The molecule has 2 aromatic carbocycles. The first-order valence-electron chi connectivity index (χ1n) is 8.19. The molecule has 0 atom stereocenters. The highest BCUT2D eigenvalue weighted by atomic mass is 19.1. The van der Waals surface area contributed by atoms with Crippen LogP contribution in [-0.4, -0.2) is 41.9 Å². The molecule has 0 N–H and O–H groups in total. The Hall–Kier alpha value is -2.46. The first kappa shape index (κ1) is 16.4. The number of hydrogen-bond acceptors (Lipinski definition) is 2. The molecule has 0 spiro atoms. The monoisotopic (exact) mass is 324 g/mol. The first-order chi connectivity index (χ1) is 11.7. The molecule has 1 heterocycles. The number of nitrogens with zero attached hydrogens (tertiary/aromatic N) is 2. The van der Waals surface area contributed by atoms with E-state index in [-0.39, 0.29) is 11.7 Å². The Morgan fingerprint density at radius 2 is 1.75 bits per heavy atom. The fraction of sp³-hybridized carbons (Fsp3) is 0.250. The maximum atomic E-state index is 13.2. The minimum atomic E-state index is -0.202. The molecule has 3 rings (SSSR count). The van der Waals surface area contributed by atoms with Crippen LogP contribution >= 0.6 is 0 Å². The van der Waals surface area contributed by atoms with Gasteiger partial charge in [0.1, 0.15) is 5.82 Å². The SMILES string of the molecule is O=C(C=Cc1ccccc1)N1CCN(Cc2cccc(F)c2)CC1. The summed E-state index contributed by atoms with van der Waals surface area (Å²) in [5.41, 5.74) is 1.99. The highest BCUT2D eigenvalue weighted by molar-refractivity contribution is 5.91. The predicted molar refractivity (Wildman–Crippen MR) is 93.7 cm³/mol. The summed E-state index contributed by atoms with van der Waals surface area (Å²) >= 11 is 0. The molecule has 3 nitrogen and oxygen atoms in total. The van der Waals surface area contributed by atoms with Crippen molar-refractivity contribution in [2.24, 2.45) is 0 Å². The molecule has 1 fully saturated rings. The molecule has 4 heteroatoms. The summed E-state index contributed by atoms with van der Waals surface area (Å²) < 4.78 is 13.2. The van der Waals surface area contributed by atoms with Crippen LogP contribution in [0.1, 0.15) is 11.1 Å². The molecule has 0 saturated carbocycles. The summed E-state index contributed by atoms with van der Waals surface area (Å²) in [4.78, 5) is 16.4. The predicted octanol–water partition coefficient (Wildman–Crippen LogP) is 3.18. The molecule has 0 unspecified atom stereocenters. The molecule has 1 aliphatic heterocycles. The van der Waals surface area contributed by atoms with Crippen molar-refractivity contribution in [1.82, 2.24) is 9.80 Å². The van der Waals surface area contributed by atoms with Crippen molar-refractivity contribution >= 4 is 12.0 Å². The van der Waals surface area contributed by atoms with E-state index >= 15 is 0 Å². The third-order valence-corrected chi connectivity index (χ3v) is 4.20. The summed E-state index contributed by atoms with van der Waals surface area (Å²) in [6, 6.07) is 16.5. The lowest BCUT2D eigenvalue weighted by Crippen LogP contribution is -2.47. The minimum absolute atomic E-state index is 0.0456. The number of carbonyl (C=O) groups excluding carboxylic acids is 1. The molecule has 0 aromatic heterocycles. The zero-order valence-corrected chi connectivity index (χ0v) is 13.6. The molecule has 0 aliphatic carbocycles. The lowest BCUT2D eigenvalue weighted by Gasteiger charge is -2.34. The van der Waals surface area contributed by atoms with E-state index in [0.717, 1.165) is 30.8 Å². The lowest BCUT2D eigenvalue weighted by molar-refractivity contribution is -0.127. The number of hydrogen-bond donors (Lipinski definition) is 0. The average molecular weight is 324 g/mol. The maximum Gasteiger partial charge on any atom is 0.246 e. The number of rotatable bonds is 4. The van der Waals surface area contributed by atoms with Gasteiger partial charge in [0.05, 0.1) is 0 Å². The summed E-state index contributed by atoms with van der Waals surface area (Å²) in [6.45, 7) is 3.74. The lowest BCUT2D eigenvalue weighted by atomic mass is 10.2. The van der Waals surface area contributed by atoms with Crippen LogP contribution in [0.4, 0.5) is 4.39 Å². The van der Waals surface area contributed by atoms with Crippen molar-refractivity contribution in [2.45, 2.75) is 6.54 Å². The van der Waals surface area contributed by atoms with Crippen molar-refractivity contribution in [2.75, 3.05) is 26.2 Å². The second-order valence-corrected chi connectivity index (χ2v) is 5.98. The van der Waals surface area contributed by atoms with Crippen LogP contribution in [0, 0.1) is 5.82 Å².